The van der Waals surface area contributed by atoms with Gasteiger partial charge in [-0.15, -0.1) is 0 Å². The average molecular weight is 499 g/mol. The molecule has 0 radical (unpaired) electrons. The fourth-order valence-electron chi connectivity index (χ4n) is 5.30. The maximum atomic E-state index is 14.5. The lowest BCUT2D eigenvalue weighted by atomic mass is 9.73. The first kappa shape index (κ1) is 23.7. The Hall–Kier alpha value is -2.99. The van der Waals surface area contributed by atoms with E-state index in [4.69, 9.17) is 3.87 Å². The van der Waals surface area contributed by atoms with Crippen molar-refractivity contribution in [3.63, 3.8) is 0 Å². The van der Waals surface area contributed by atoms with Crippen molar-refractivity contribution < 1.29 is 12.3 Å². The molecule has 3 aromatic rings. The van der Waals surface area contributed by atoms with Crippen LogP contribution < -0.4 is 10.4 Å². The second kappa shape index (κ2) is 8.90. The van der Waals surface area contributed by atoms with Crippen molar-refractivity contribution >= 4 is 29.5 Å². The molecule has 2 aliphatic carbocycles. The Balaban J connectivity index is 1.67. The minimum absolute atomic E-state index is 0.349. The summed E-state index contributed by atoms with van der Waals surface area (Å²) in [5.74, 6) is 0. The molecule has 2 atom stereocenters. The quantitative estimate of drug-likeness (QED) is 0.464. The van der Waals surface area contributed by atoms with Crippen LogP contribution in [0.3, 0.4) is 0 Å². The van der Waals surface area contributed by atoms with Gasteiger partial charge in [0.1, 0.15) is 5.25 Å². The second-order valence-electron chi connectivity index (χ2n) is 10.2. The van der Waals surface area contributed by atoms with Crippen molar-refractivity contribution in [1.29, 1.82) is 0 Å². The van der Waals surface area contributed by atoms with Crippen LogP contribution in [0.4, 0.5) is 0 Å². The molecular formula is C30H30O3SSi. The number of allylic oxidation sites excluding steroid dienone is 5. The van der Waals surface area contributed by atoms with Crippen LogP contribution in [0.5, 0.6) is 0 Å². The maximum Gasteiger partial charge on any atom is 0.266 e. The zero-order valence-electron chi connectivity index (χ0n) is 20.3. The van der Waals surface area contributed by atoms with E-state index in [-0.39, 0.29) is 5.41 Å². The van der Waals surface area contributed by atoms with E-state index < -0.39 is 29.8 Å². The second-order valence-corrected chi connectivity index (χ2v) is 14.6. The molecule has 0 amide bonds. The van der Waals surface area contributed by atoms with E-state index in [1.54, 1.807) is 0 Å². The van der Waals surface area contributed by atoms with Gasteiger partial charge in [0.15, 0.2) is 0 Å². The molecule has 0 aliphatic heterocycles. The monoisotopic (exact) mass is 498 g/mol. The van der Waals surface area contributed by atoms with E-state index in [0.29, 0.717) is 0 Å². The Morgan fingerprint density at radius 2 is 1.31 bits per heavy atom. The van der Waals surface area contributed by atoms with Crippen LogP contribution in [0.1, 0.15) is 26.3 Å². The Morgan fingerprint density at radius 3 is 1.83 bits per heavy atom. The Morgan fingerprint density at radius 1 is 0.800 bits per heavy atom. The van der Waals surface area contributed by atoms with Crippen LogP contribution in [0.15, 0.2) is 126 Å². The molecule has 3 nitrogen and oxygen atoms in total. The number of fused-ring (bicyclic) bond motifs is 1. The number of benzene rings is 3. The highest BCUT2D eigenvalue weighted by molar-refractivity contribution is 7.88. The van der Waals surface area contributed by atoms with Gasteiger partial charge < -0.3 is 3.87 Å². The van der Waals surface area contributed by atoms with Crippen molar-refractivity contribution in [1.82, 2.24) is 0 Å². The third-order valence-electron chi connectivity index (χ3n) is 6.96. The highest BCUT2D eigenvalue weighted by atomic mass is 32.2. The summed E-state index contributed by atoms with van der Waals surface area (Å²) in [6, 6.07) is 29.5. The Bertz CT molecular complexity index is 1360. The number of hydrogen-bond acceptors (Lipinski definition) is 3. The molecule has 0 fully saturated rings. The van der Waals surface area contributed by atoms with E-state index in [1.165, 1.54) is 0 Å². The first-order valence-corrected chi connectivity index (χ1v) is 15.0. The molecule has 0 aromatic heterocycles. The summed E-state index contributed by atoms with van der Waals surface area (Å²) in [5.41, 5.74) is 1.70. The zero-order chi connectivity index (χ0) is 24.7. The molecule has 0 spiro atoms. The Kier molecular flexibility index (Phi) is 6.04. The van der Waals surface area contributed by atoms with Crippen molar-refractivity contribution in [3.8, 4) is 0 Å². The molecule has 2 unspecified atom stereocenters. The molecule has 3 aromatic carbocycles. The van der Waals surface area contributed by atoms with Crippen LogP contribution in [0.2, 0.25) is 0 Å². The summed E-state index contributed by atoms with van der Waals surface area (Å²) in [6.45, 7) is 6.23. The van der Waals surface area contributed by atoms with Crippen molar-refractivity contribution in [2.45, 2.75) is 31.4 Å². The molecule has 0 saturated heterocycles. The standard InChI is InChI=1S/C30H30O3SSi/c1-29(2,3)27-22-24-16-13-21-30(24,23-14-7-4-8-15-23)28(27)34(31,32)33-35(25-17-9-5-10-18-25)26-19-11-6-12-20-26/h4-22,28,35H,1-3H3. The Labute approximate surface area is 210 Å². The van der Waals surface area contributed by atoms with Gasteiger partial charge in [0.2, 0.25) is 0 Å². The van der Waals surface area contributed by atoms with E-state index in [0.717, 1.165) is 27.1 Å². The molecule has 178 valence electrons. The largest absolute Gasteiger partial charge is 0.307 e. The summed E-state index contributed by atoms with van der Waals surface area (Å²) < 4.78 is 35.3. The summed E-state index contributed by atoms with van der Waals surface area (Å²) in [7, 11) is -6.58. The summed E-state index contributed by atoms with van der Waals surface area (Å²) in [4.78, 5) is 0. The SMILES string of the molecule is CC(C)(C)C1=CC2=CC=CC2(c2ccccc2)C1S(=O)(=O)O[SiH](c1ccccc1)c1ccccc1. The summed E-state index contributed by atoms with van der Waals surface area (Å²) in [6.07, 6.45) is 8.14. The fraction of sp³-hybridized carbons (Fsp3) is 0.200. The third kappa shape index (κ3) is 4.18. The molecule has 35 heavy (non-hydrogen) atoms. The summed E-state index contributed by atoms with van der Waals surface area (Å²) >= 11 is 0. The van der Waals surface area contributed by atoms with Gasteiger partial charge in [0, 0.05) is 0 Å². The minimum atomic E-state index is -4.05. The first-order valence-electron chi connectivity index (χ1n) is 11.9. The lowest BCUT2D eigenvalue weighted by Crippen LogP contribution is -2.51. The van der Waals surface area contributed by atoms with Crippen LogP contribution in [-0.2, 0) is 19.4 Å². The lowest BCUT2D eigenvalue weighted by Gasteiger charge is -2.37. The van der Waals surface area contributed by atoms with Crippen LogP contribution in [-0.4, -0.2) is 22.7 Å². The van der Waals surface area contributed by atoms with E-state index in [9.17, 15) is 8.42 Å². The van der Waals surface area contributed by atoms with Crippen LogP contribution in [0, 0.1) is 5.41 Å². The summed E-state index contributed by atoms with van der Waals surface area (Å²) in [5, 5.41) is 1.03. The van der Waals surface area contributed by atoms with E-state index >= 15 is 0 Å². The molecule has 0 saturated carbocycles. The predicted molar refractivity (Wildman–Crippen MR) is 146 cm³/mol. The van der Waals surface area contributed by atoms with Gasteiger partial charge in [0.05, 0.1) is 5.41 Å². The molecular weight excluding hydrogens is 468 g/mol. The van der Waals surface area contributed by atoms with Gasteiger partial charge >= 0.3 is 0 Å². The molecule has 2 aliphatic rings. The van der Waals surface area contributed by atoms with Gasteiger partial charge in [-0.2, -0.15) is 8.42 Å². The highest BCUT2D eigenvalue weighted by Gasteiger charge is 2.57. The van der Waals surface area contributed by atoms with Gasteiger partial charge in [-0.3, -0.25) is 0 Å². The third-order valence-corrected chi connectivity index (χ3v) is 12.0. The minimum Gasteiger partial charge on any atom is -0.307 e. The molecule has 0 bridgehead atoms. The van der Waals surface area contributed by atoms with Gasteiger partial charge in [-0.05, 0) is 32.5 Å². The average Bonchev–Trinajstić information content (AvgIpc) is 3.42. The molecule has 5 heteroatoms. The maximum absolute atomic E-state index is 14.5. The van der Waals surface area contributed by atoms with Crippen LogP contribution >= 0.6 is 0 Å². The normalized spacial score (nSPS) is 21.7. The fourth-order valence-corrected chi connectivity index (χ4v) is 10.8. The first-order chi connectivity index (χ1) is 16.7. The van der Waals surface area contributed by atoms with Gasteiger partial charge in [0.25, 0.3) is 19.2 Å². The lowest BCUT2D eigenvalue weighted by molar-refractivity contribution is 0.432. The van der Waals surface area contributed by atoms with Gasteiger partial charge in [-0.1, -0.05) is 136 Å². The van der Waals surface area contributed by atoms with Crippen molar-refractivity contribution in [2.75, 3.05) is 0 Å². The zero-order valence-corrected chi connectivity index (χ0v) is 22.2. The number of rotatable bonds is 6. The topological polar surface area (TPSA) is 43.4 Å². The highest BCUT2D eigenvalue weighted by Crippen LogP contribution is 2.55. The molecule has 0 heterocycles. The molecule has 0 N–H and O–H groups in total. The van der Waals surface area contributed by atoms with Crippen molar-refractivity contribution in [3.05, 3.63) is 132 Å². The van der Waals surface area contributed by atoms with E-state index in [1.807, 2.05) is 109 Å². The smallest absolute Gasteiger partial charge is 0.266 e. The van der Waals surface area contributed by atoms with Crippen LogP contribution in [0.25, 0.3) is 0 Å². The van der Waals surface area contributed by atoms with Crippen molar-refractivity contribution in [2.24, 2.45) is 5.41 Å². The van der Waals surface area contributed by atoms with Gasteiger partial charge in [-0.25, -0.2) is 0 Å². The number of hydrogen-bond donors (Lipinski definition) is 0. The predicted octanol–water partition coefficient (Wildman–Crippen LogP) is 4.66. The molecule has 5 rings (SSSR count). The van der Waals surface area contributed by atoms with E-state index in [2.05, 4.69) is 26.8 Å².